The third-order valence-corrected chi connectivity index (χ3v) is 2.66. The van der Waals surface area contributed by atoms with Gasteiger partial charge in [0.15, 0.2) is 17.9 Å². The highest BCUT2D eigenvalue weighted by molar-refractivity contribution is 9.10. The molecule has 0 radical (unpaired) electrons. The van der Waals surface area contributed by atoms with Crippen LogP contribution in [0.5, 0.6) is 5.75 Å². The van der Waals surface area contributed by atoms with Crippen molar-refractivity contribution >= 4 is 22.2 Å². The van der Waals surface area contributed by atoms with E-state index < -0.39 is 5.82 Å². The second kappa shape index (κ2) is 5.85. The van der Waals surface area contributed by atoms with Crippen molar-refractivity contribution < 1.29 is 13.9 Å². The second-order valence-corrected chi connectivity index (χ2v) is 3.95. The molecule has 82 valence electrons. The van der Waals surface area contributed by atoms with Crippen LogP contribution in [0.3, 0.4) is 0 Å². The molecule has 0 saturated carbocycles. The maximum atomic E-state index is 13.6. The van der Waals surface area contributed by atoms with E-state index in [1.54, 1.807) is 6.07 Å². The lowest BCUT2D eigenvalue weighted by Crippen LogP contribution is -2.01. The van der Waals surface area contributed by atoms with E-state index in [2.05, 4.69) is 15.9 Å². The number of carbonyl (C=O) groups excluding carboxylic acids is 1. The Morgan fingerprint density at radius 1 is 1.53 bits per heavy atom. The summed E-state index contributed by atoms with van der Waals surface area (Å²) < 4.78 is 19.2. The van der Waals surface area contributed by atoms with Crippen molar-refractivity contribution in [1.29, 1.82) is 0 Å². The molecule has 15 heavy (non-hydrogen) atoms. The van der Waals surface area contributed by atoms with Crippen LogP contribution >= 0.6 is 15.9 Å². The van der Waals surface area contributed by atoms with Crippen molar-refractivity contribution in [2.45, 2.75) is 19.8 Å². The van der Waals surface area contributed by atoms with Gasteiger partial charge in [-0.25, -0.2) is 4.39 Å². The summed E-state index contributed by atoms with van der Waals surface area (Å²) in [6.45, 7) is 2.49. The highest BCUT2D eigenvalue weighted by Crippen LogP contribution is 2.26. The van der Waals surface area contributed by atoms with Gasteiger partial charge in [0, 0.05) is 4.47 Å². The van der Waals surface area contributed by atoms with Crippen molar-refractivity contribution in [3.05, 3.63) is 28.0 Å². The molecular formula is C11H12BrFO2. The zero-order chi connectivity index (χ0) is 11.3. The Kier molecular flexibility index (Phi) is 4.75. The minimum absolute atomic E-state index is 0.00370. The molecule has 0 aliphatic carbocycles. The van der Waals surface area contributed by atoms with Gasteiger partial charge in [0.1, 0.15) is 0 Å². The zero-order valence-corrected chi connectivity index (χ0v) is 10.0. The third-order valence-electron chi connectivity index (χ3n) is 1.96. The fraction of sp³-hybridized carbons (Fsp3) is 0.364. The molecule has 0 fully saturated rings. The zero-order valence-electron chi connectivity index (χ0n) is 8.43. The summed E-state index contributed by atoms with van der Waals surface area (Å²) in [7, 11) is 0. The number of carbonyl (C=O) groups is 1. The Morgan fingerprint density at radius 3 is 2.87 bits per heavy atom. The Balaban J connectivity index is 2.85. The van der Waals surface area contributed by atoms with Crippen LogP contribution in [0.4, 0.5) is 4.39 Å². The fourth-order valence-corrected chi connectivity index (χ4v) is 1.50. The van der Waals surface area contributed by atoms with Gasteiger partial charge < -0.3 is 4.74 Å². The molecular weight excluding hydrogens is 263 g/mol. The van der Waals surface area contributed by atoms with E-state index in [0.717, 1.165) is 12.8 Å². The van der Waals surface area contributed by atoms with Crippen molar-refractivity contribution in [3.8, 4) is 5.75 Å². The van der Waals surface area contributed by atoms with E-state index in [1.807, 2.05) is 6.92 Å². The van der Waals surface area contributed by atoms with Gasteiger partial charge in [0.2, 0.25) is 0 Å². The molecule has 0 bridgehead atoms. The molecule has 0 amide bonds. The van der Waals surface area contributed by atoms with Gasteiger partial charge >= 0.3 is 0 Å². The lowest BCUT2D eigenvalue weighted by Gasteiger charge is -2.08. The van der Waals surface area contributed by atoms with Crippen LogP contribution in [0.15, 0.2) is 16.6 Å². The molecule has 1 aromatic carbocycles. The fourth-order valence-electron chi connectivity index (χ4n) is 1.10. The number of hydrogen-bond acceptors (Lipinski definition) is 2. The molecule has 0 aromatic heterocycles. The highest BCUT2D eigenvalue weighted by Gasteiger charge is 2.12. The quantitative estimate of drug-likeness (QED) is 0.606. The van der Waals surface area contributed by atoms with Gasteiger partial charge in [-0.05, 0) is 34.5 Å². The Morgan fingerprint density at radius 2 is 2.27 bits per heavy atom. The molecule has 0 unspecified atom stereocenters. The molecule has 4 heteroatoms. The maximum Gasteiger partial charge on any atom is 0.176 e. The van der Waals surface area contributed by atoms with Crippen LogP contribution in [0, 0.1) is 5.82 Å². The average molecular weight is 275 g/mol. The average Bonchev–Trinajstić information content (AvgIpc) is 2.22. The van der Waals surface area contributed by atoms with Crippen LogP contribution < -0.4 is 4.74 Å². The first-order valence-corrected chi connectivity index (χ1v) is 5.56. The second-order valence-electron chi connectivity index (χ2n) is 3.09. The first-order chi connectivity index (χ1) is 7.20. The molecule has 0 heterocycles. The Bertz CT molecular complexity index is 353. The van der Waals surface area contributed by atoms with Gasteiger partial charge in [-0.2, -0.15) is 0 Å². The molecule has 0 atom stereocenters. The molecule has 0 spiro atoms. The van der Waals surface area contributed by atoms with Crippen LogP contribution in [-0.2, 0) is 0 Å². The van der Waals surface area contributed by atoms with Gasteiger partial charge in [0.05, 0.1) is 12.2 Å². The van der Waals surface area contributed by atoms with Gasteiger partial charge in [-0.1, -0.05) is 13.3 Å². The van der Waals surface area contributed by atoms with Crippen LogP contribution in [0.2, 0.25) is 0 Å². The van der Waals surface area contributed by atoms with E-state index in [0.29, 0.717) is 17.4 Å². The molecule has 0 aliphatic heterocycles. The summed E-state index contributed by atoms with van der Waals surface area (Å²) in [5.41, 5.74) is 0.00370. The summed E-state index contributed by atoms with van der Waals surface area (Å²) in [5, 5.41) is 0. The maximum absolute atomic E-state index is 13.6. The number of hydrogen-bond donors (Lipinski definition) is 0. The van der Waals surface area contributed by atoms with E-state index in [4.69, 9.17) is 4.74 Å². The van der Waals surface area contributed by atoms with E-state index in [9.17, 15) is 9.18 Å². The van der Waals surface area contributed by atoms with Crippen LogP contribution in [0.25, 0.3) is 0 Å². The largest absolute Gasteiger partial charge is 0.490 e. The van der Waals surface area contributed by atoms with E-state index in [1.165, 1.54) is 6.07 Å². The van der Waals surface area contributed by atoms with Gasteiger partial charge in [0.25, 0.3) is 0 Å². The summed E-state index contributed by atoms with van der Waals surface area (Å²) in [6, 6.07) is 3.12. The summed E-state index contributed by atoms with van der Waals surface area (Å²) in [5.74, 6) is -0.468. The Hall–Kier alpha value is -0.900. The number of halogens is 2. The summed E-state index contributed by atoms with van der Waals surface area (Å²) in [6.07, 6.45) is 2.33. The van der Waals surface area contributed by atoms with Crippen molar-refractivity contribution in [3.63, 3.8) is 0 Å². The number of benzene rings is 1. The minimum atomic E-state index is -0.601. The molecule has 2 nitrogen and oxygen atoms in total. The summed E-state index contributed by atoms with van der Waals surface area (Å²) in [4.78, 5) is 10.6. The number of aldehydes is 1. The summed E-state index contributed by atoms with van der Waals surface area (Å²) >= 11 is 3.10. The first kappa shape index (κ1) is 12.2. The number of unbranched alkanes of at least 4 members (excludes halogenated alkanes) is 1. The van der Waals surface area contributed by atoms with Crippen LogP contribution in [0.1, 0.15) is 30.1 Å². The molecule has 0 N–H and O–H groups in total. The van der Waals surface area contributed by atoms with Crippen molar-refractivity contribution in [2.24, 2.45) is 0 Å². The minimum Gasteiger partial charge on any atom is -0.490 e. The SMILES string of the molecule is CCCCOc1ccc(Br)c(C=O)c1F. The molecule has 0 aliphatic rings. The van der Waals surface area contributed by atoms with E-state index in [-0.39, 0.29) is 11.3 Å². The number of rotatable bonds is 5. The third kappa shape index (κ3) is 3.02. The standard InChI is InChI=1S/C11H12BrFO2/c1-2-3-6-15-10-5-4-9(12)8(7-14)11(10)13/h4-5,7H,2-3,6H2,1H3. The lowest BCUT2D eigenvalue weighted by atomic mass is 10.2. The smallest absolute Gasteiger partial charge is 0.176 e. The predicted molar refractivity (Wildman–Crippen MR) is 59.9 cm³/mol. The first-order valence-electron chi connectivity index (χ1n) is 4.76. The molecule has 0 saturated heterocycles. The molecule has 1 rings (SSSR count). The van der Waals surface area contributed by atoms with Crippen molar-refractivity contribution in [1.82, 2.24) is 0 Å². The van der Waals surface area contributed by atoms with Gasteiger partial charge in [-0.3, -0.25) is 4.79 Å². The van der Waals surface area contributed by atoms with Gasteiger partial charge in [-0.15, -0.1) is 0 Å². The van der Waals surface area contributed by atoms with Crippen molar-refractivity contribution in [2.75, 3.05) is 6.61 Å². The lowest BCUT2D eigenvalue weighted by molar-refractivity contribution is 0.111. The van der Waals surface area contributed by atoms with Crippen LogP contribution in [-0.4, -0.2) is 12.9 Å². The molecule has 1 aromatic rings. The highest BCUT2D eigenvalue weighted by atomic mass is 79.9. The Labute approximate surface area is 96.6 Å². The topological polar surface area (TPSA) is 26.3 Å². The number of ether oxygens (including phenoxy) is 1. The predicted octanol–water partition coefficient (Wildman–Crippen LogP) is 3.58. The monoisotopic (exact) mass is 274 g/mol. The van der Waals surface area contributed by atoms with E-state index >= 15 is 0 Å². The normalized spacial score (nSPS) is 10.1.